The summed E-state index contributed by atoms with van der Waals surface area (Å²) in [6, 6.07) is 4.10. The molecule has 1 fully saturated rings. The molecule has 0 radical (unpaired) electrons. The fraction of sp³-hybridized carbons (Fsp3) is 0.583. The Bertz CT molecular complexity index is 306. The molecule has 2 rings (SSSR count). The van der Waals surface area contributed by atoms with Crippen LogP contribution >= 0.6 is 11.6 Å². The standard InChI is InChI=1S/C12H17ClN2/c1-15(9-10-3-2-4-10)12-6-5-11(7-13)8-14-12/h5-6,8,10H,2-4,7,9H2,1H3. The van der Waals surface area contributed by atoms with E-state index in [-0.39, 0.29) is 0 Å². The van der Waals surface area contributed by atoms with E-state index < -0.39 is 0 Å². The molecule has 0 saturated heterocycles. The molecule has 1 saturated carbocycles. The van der Waals surface area contributed by atoms with Gasteiger partial charge in [0, 0.05) is 25.7 Å². The van der Waals surface area contributed by atoms with Gasteiger partial charge in [0.15, 0.2) is 0 Å². The van der Waals surface area contributed by atoms with E-state index in [1.54, 1.807) is 0 Å². The molecule has 0 aliphatic heterocycles. The number of hydrogen-bond donors (Lipinski definition) is 0. The summed E-state index contributed by atoms with van der Waals surface area (Å²) in [6.45, 7) is 1.13. The molecular weight excluding hydrogens is 208 g/mol. The van der Waals surface area contributed by atoms with Crippen LogP contribution in [0.5, 0.6) is 0 Å². The fourth-order valence-electron chi connectivity index (χ4n) is 1.88. The number of hydrogen-bond acceptors (Lipinski definition) is 2. The summed E-state index contributed by atoms with van der Waals surface area (Å²) in [7, 11) is 2.11. The average Bonchev–Trinajstić information content (AvgIpc) is 2.23. The van der Waals surface area contributed by atoms with Gasteiger partial charge >= 0.3 is 0 Å². The van der Waals surface area contributed by atoms with E-state index in [0.717, 1.165) is 23.8 Å². The summed E-state index contributed by atoms with van der Waals surface area (Å²) in [5.41, 5.74) is 1.08. The number of anilines is 1. The molecule has 82 valence electrons. The van der Waals surface area contributed by atoms with Crippen LogP contribution in [0, 0.1) is 5.92 Å². The summed E-state index contributed by atoms with van der Waals surface area (Å²) >= 11 is 5.72. The molecule has 0 spiro atoms. The normalized spacial score (nSPS) is 16.1. The largest absolute Gasteiger partial charge is 0.359 e. The van der Waals surface area contributed by atoms with Crippen molar-refractivity contribution >= 4 is 17.4 Å². The molecule has 0 atom stereocenters. The smallest absolute Gasteiger partial charge is 0.128 e. The van der Waals surface area contributed by atoms with E-state index in [1.807, 2.05) is 12.3 Å². The lowest BCUT2D eigenvalue weighted by Crippen LogP contribution is -2.29. The van der Waals surface area contributed by atoms with Crippen LogP contribution in [0.1, 0.15) is 24.8 Å². The summed E-state index contributed by atoms with van der Waals surface area (Å²) in [5.74, 6) is 2.47. The van der Waals surface area contributed by atoms with Gasteiger partial charge in [0.25, 0.3) is 0 Å². The van der Waals surface area contributed by atoms with Gasteiger partial charge in [-0.05, 0) is 30.4 Å². The summed E-state index contributed by atoms with van der Waals surface area (Å²) in [4.78, 5) is 6.64. The predicted molar refractivity (Wildman–Crippen MR) is 64.4 cm³/mol. The van der Waals surface area contributed by atoms with Crippen LogP contribution in [0.4, 0.5) is 5.82 Å². The molecule has 1 aromatic heterocycles. The van der Waals surface area contributed by atoms with Gasteiger partial charge in [0.05, 0.1) is 0 Å². The molecule has 2 nitrogen and oxygen atoms in total. The van der Waals surface area contributed by atoms with Crippen LogP contribution in [-0.2, 0) is 5.88 Å². The van der Waals surface area contributed by atoms with Crippen molar-refractivity contribution in [3.05, 3.63) is 23.9 Å². The second kappa shape index (κ2) is 4.84. The third-order valence-corrected chi connectivity index (χ3v) is 3.42. The van der Waals surface area contributed by atoms with Gasteiger partial charge in [0.2, 0.25) is 0 Å². The molecule has 0 aromatic carbocycles. The van der Waals surface area contributed by atoms with Gasteiger partial charge in [-0.3, -0.25) is 0 Å². The Labute approximate surface area is 96.3 Å². The number of rotatable bonds is 4. The van der Waals surface area contributed by atoms with Gasteiger partial charge < -0.3 is 4.90 Å². The minimum absolute atomic E-state index is 0.541. The highest BCUT2D eigenvalue weighted by Gasteiger charge is 2.19. The highest BCUT2D eigenvalue weighted by molar-refractivity contribution is 6.17. The van der Waals surface area contributed by atoms with Gasteiger partial charge in [-0.1, -0.05) is 12.5 Å². The number of pyridine rings is 1. The Morgan fingerprint density at radius 3 is 2.73 bits per heavy atom. The van der Waals surface area contributed by atoms with E-state index in [1.165, 1.54) is 19.3 Å². The average molecular weight is 225 g/mol. The summed E-state index contributed by atoms with van der Waals surface area (Å²) < 4.78 is 0. The third-order valence-electron chi connectivity index (χ3n) is 3.11. The first-order chi connectivity index (χ1) is 7.29. The van der Waals surface area contributed by atoms with Crippen molar-refractivity contribution in [2.45, 2.75) is 25.1 Å². The first-order valence-corrected chi connectivity index (χ1v) is 6.05. The molecule has 3 heteroatoms. The van der Waals surface area contributed by atoms with Gasteiger partial charge in [-0.15, -0.1) is 11.6 Å². The van der Waals surface area contributed by atoms with Crippen LogP contribution in [0.15, 0.2) is 18.3 Å². The maximum absolute atomic E-state index is 5.72. The highest BCUT2D eigenvalue weighted by Crippen LogP contribution is 2.27. The van der Waals surface area contributed by atoms with Crippen molar-refractivity contribution in [3.63, 3.8) is 0 Å². The van der Waals surface area contributed by atoms with Crippen LogP contribution in [0.25, 0.3) is 0 Å². The molecule has 1 aromatic rings. The minimum Gasteiger partial charge on any atom is -0.359 e. The summed E-state index contributed by atoms with van der Waals surface area (Å²) in [6.07, 6.45) is 6.02. The second-order valence-corrected chi connectivity index (χ2v) is 4.60. The molecular formula is C12H17ClN2. The SMILES string of the molecule is CN(CC1CCC1)c1ccc(CCl)cn1. The monoisotopic (exact) mass is 224 g/mol. The minimum atomic E-state index is 0.541. The van der Waals surface area contributed by atoms with Crippen LogP contribution in [0.3, 0.4) is 0 Å². The van der Waals surface area contributed by atoms with Crippen molar-refractivity contribution in [1.29, 1.82) is 0 Å². The molecule has 15 heavy (non-hydrogen) atoms. The topological polar surface area (TPSA) is 16.1 Å². The van der Waals surface area contributed by atoms with E-state index in [9.17, 15) is 0 Å². The molecule has 1 aliphatic carbocycles. The quantitative estimate of drug-likeness (QED) is 0.731. The van der Waals surface area contributed by atoms with E-state index in [4.69, 9.17) is 11.6 Å². The Morgan fingerprint density at radius 2 is 2.27 bits per heavy atom. The lowest BCUT2D eigenvalue weighted by molar-refractivity contribution is 0.321. The van der Waals surface area contributed by atoms with Crippen LogP contribution in [-0.4, -0.2) is 18.6 Å². The predicted octanol–water partition coefficient (Wildman–Crippen LogP) is 3.06. The molecule has 0 bridgehead atoms. The van der Waals surface area contributed by atoms with Gasteiger partial charge in [0.1, 0.15) is 5.82 Å². The molecule has 0 unspecified atom stereocenters. The highest BCUT2D eigenvalue weighted by atomic mass is 35.5. The number of alkyl halides is 1. The Morgan fingerprint density at radius 1 is 1.47 bits per heavy atom. The first kappa shape index (κ1) is 10.7. The van der Waals surface area contributed by atoms with Crippen molar-refractivity contribution in [2.75, 3.05) is 18.5 Å². The Kier molecular flexibility index (Phi) is 3.47. The first-order valence-electron chi connectivity index (χ1n) is 5.51. The van der Waals surface area contributed by atoms with Crippen molar-refractivity contribution in [3.8, 4) is 0 Å². The Balaban J connectivity index is 1.94. The molecule has 1 aliphatic rings. The maximum Gasteiger partial charge on any atom is 0.128 e. The zero-order valence-electron chi connectivity index (χ0n) is 9.12. The number of halogens is 1. The lowest BCUT2D eigenvalue weighted by Gasteiger charge is -2.30. The third kappa shape index (κ3) is 2.63. The summed E-state index contributed by atoms with van der Waals surface area (Å²) in [5, 5.41) is 0. The molecule has 0 N–H and O–H groups in total. The number of aromatic nitrogens is 1. The van der Waals surface area contributed by atoms with E-state index in [2.05, 4.69) is 23.0 Å². The fourth-order valence-corrected chi connectivity index (χ4v) is 2.04. The second-order valence-electron chi connectivity index (χ2n) is 4.34. The van der Waals surface area contributed by atoms with Crippen molar-refractivity contribution in [2.24, 2.45) is 5.92 Å². The lowest BCUT2D eigenvalue weighted by atomic mass is 9.85. The van der Waals surface area contributed by atoms with Crippen LogP contribution < -0.4 is 4.90 Å². The van der Waals surface area contributed by atoms with E-state index in [0.29, 0.717) is 5.88 Å². The Hall–Kier alpha value is -0.760. The van der Waals surface area contributed by atoms with Gasteiger partial charge in [-0.25, -0.2) is 4.98 Å². The zero-order valence-corrected chi connectivity index (χ0v) is 9.87. The maximum atomic E-state index is 5.72. The number of nitrogens with zero attached hydrogens (tertiary/aromatic N) is 2. The van der Waals surface area contributed by atoms with Crippen molar-refractivity contribution in [1.82, 2.24) is 4.98 Å². The molecule has 1 heterocycles. The van der Waals surface area contributed by atoms with Crippen LogP contribution in [0.2, 0.25) is 0 Å². The zero-order chi connectivity index (χ0) is 10.7. The van der Waals surface area contributed by atoms with E-state index >= 15 is 0 Å². The van der Waals surface area contributed by atoms with Gasteiger partial charge in [-0.2, -0.15) is 0 Å². The van der Waals surface area contributed by atoms with Crippen molar-refractivity contribution < 1.29 is 0 Å². The molecule has 0 amide bonds.